The van der Waals surface area contributed by atoms with Crippen LogP contribution in [0.2, 0.25) is 0 Å². The van der Waals surface area contributed by atoms with Gasteiger partial charge in [0.1, 0.15) is 16.2 Å². The van der Waals surface area contributed by atoms with Crippen LogP contribution < -0.4 is 0 Å². The second-order valence-corrected chi connectivity index (χ2v) is 7.82. The number of thiocarbonyl (C=S) groups is 1. The summed E-state index contributed by atoms with van der Waals surface area (Å²) in [6, 6.07) is 1.84. The summed E-state index contributed by atoms with van der Waals surface area (Å²) in [5.74, 6) is -0.741. The number of nitrogens with zero attached hydrogens (tertiary/aromatic N) is 2. The average Bonchev–Trinajstić information content (AvgIpc) is 2.59. The van der Waals surface area contributed by atoms with E-state index in [1.54, 1.807) is 20.8 Å². The first-order valence-corrected chi connectivity index (χ1v) is 7.79. The van der Waals surface area contributed by atoms with Gasteiger partial charge in [0.2, 0.25) is 0 Å². The summed E-state index contributed by atoms with van der Waals surface area (Å²) in [6.45, 7) is 5.33. The molecule has 0 aromatic heterocycles. The van der Waals surface area contributed by atoms with E-state index in [2.05, 4.69) is 0 Å². The van der Waals surface area contributed by atoms with Crippen molar-refractivity contribution in [1.29, 1.82) is 10.7 Å². The minimum Gasteiger partial charge on any atom is -0.296 e. The predicted octanol–water partition coefficient (Wildman–Crippen LogP) is 2.08. The highest BCUT2D eigenvalue weighted by Crippen LogP contribution is 2.46. The van der Waals surface area contributed by atoms with E-state index in [-0.39, 0.29) is 26.6 Å². The summed E-state index contributed by atoms with van der Waals surface area (Å²) in [5, 5.41) is 16.2. The third-order valence-electron chi connectivity index (χ3n) is 2.71. The minimum atomic E-state index is -0.643. The Balaban J connectivity index is 2.40. The Labute approximate surface area is 130 Å². The largest absolute Gasteiger partial charge is 0.296 e. The van der Waals surface area contributed by atoms with Crippen LogP contribution in [0.15, 0.2) is 9.81 Å². The number of nitriles is 1. The molecule has 104 valence electrons. The lowest BCUT2D eigenvalue weighted by Crippen LogP contribution is -2.46. The van der Waals surface area contributed by atoms with Crippen LogP contribution in [-0.2, 0) is 9.59 Å². The van der Waals surface area contributed by atoms with Crippen LogP contribution in [0.4, 0.5) is 0 Å². The highest BCUT2D eigenvalue weighted by atomic mass is 32.2. The number of thioether (sulfide) groups is 2. The van der Waals surface area contributed by atoms with Crippen molar-refractivity contribution < 1.29 is 9.59 Å². The molecule has 8 heteroatoms. The van der Waals surface area contributed by atoms with E-state index in [0.717, 1.165) is 23.5 Å². The Morgan fingerprint density at radius 1 is 1.35 bits per heavy atom. The van der Waals surface area contributed by atoms with Crippen molar-refractivity contribution in [2.24, 2.45) is 0 Å². The average molecular weight is 325 g/mol. The molecule has 0 bridgehead atoms. The van der Waals surface area contributed by atoms with Gasteiger partial charge in [0, 0.05) is 5.54 Å². The lowest BCUT2D eigenvalue weighted by atomic mass is 10.1. The lowest BCUT2D eigenvalue weighted by Gasteiger charge is -2.29. The van der Waals surface area contributed by atoms with Gasteiger partial charge in [0.05, 0.1) is 14.9 Å². The molecule has 20 heavy (non-hydrogen) atoms. The molecule has 5 nitrogen and oxygen atoms in total. The molecule has 0 saturated heterocycles. The summed E-state index contributed by atoms with van der Waals surface area (Å²) >= 11 is 6.88. The normalized spacial score (nSPS) is 23.0. The molecule has 0 saturated carbocycles. The molecule has 2 aliphatic heterocycles. The Morgan fingerprint density at radius 3 is 2.40 bits per heavy atom. The quantitative estimate of drug-likeness (QED) is 0.587. The van der Waals surface area contributed by atoms with Gasteiger partial charge in [0.25, 0.3) is 11.8 Å². The fourth-order valence-corrected chi connectivity index (χ4v) is 4.45. The Hall–Kier alpha value is -1.17. The second kappa shape index (κ2) is 4.98. The maximum Gasteiger partial charge on any atom is 0.269 e. The van der Waals surface area contributed by atoms with Gasteiger partial charge in [-0.25, -0.2) is 0 Å². The molecule has 1 atom stereocenters. The van der Waals surface area contributed by atoms with Crippen molar-refractivity contribution in [2.75, 3.05) is 0 Å². The van der Waals surface area contributed by atoms with Gasteiger partial charge in [-0.2, -0.15) is 5.26 Å². The molecule has 0 aromatic carbocycles. The zero-order valence-electron chi connectivity index (χ0n) is 11.0. The SMILES string of the molecule is CC(C)(C)N1C(=O)C2=C(SC(C(=S)C#N)C(=N)S2)C1=O. The molecule has 2 amide bonds. The molecule has 0 fully saturated rings. The summed E-state index contributed by atoms with van der Waals surface area (Å²) < 4.78 is 0. The summed E-state index contributed by atoms with van der Waals surface area (Å²) in [6.07, 6.45) is 0. The molecule has 1 unspecified atom stereocenters. The molecule has 0 aliphatic carbocycles. The topological polar surface area (TPSA) is 85.0 Å². The number of nitrogens with one attached hydrogen (secondary N) is 1. The van der Waals surface area contributed by atoms with E-state index in [0.29, 0.717) is 4.91 Å². The predicted molar refractivity (Wildman–Crippen MR) is 83.5 cm³/mol. The van der Waals surface area contributed by atoms with Gasteiger partial charge in [-0.3, -0.25) is 19.9 Å². The standard InChI is InChI=1S/C12H11N3O2S3/c1-12(2,3)15-10(16)7-8(11(15)17)20-9(14)6(19-7)5(18)4-13/h6,14H,1-3H3. The smallest absolute Gasteiger partial charge is 0.269 e. The molecular formula is C12H11N3O2S3. The number of hydrogen-bond acceptors (Lipinski definition) is 7. The van der Waals surface area contributed by atoms with Crippen molar-refractivity contribution in [3.05, 3.63) is 9.81 Å². The zero-order chi connectivity index (χ0) is 15.2. The third kappa shape index (κ3) is 2.30. The molecule has 2 heterocycles. The van der Waals surface area contributed by atoms with Crippen molar-refractivity contribution in [3.63, 3.8) is 0 Å². The van der Waals surface area contributed by atoms with Crippen LogP contribution in [0.25, 0.3) is 0 Å². The van der Waals surface area contributed by atoms with Crippen LogP contribution >= 0.6 is 35.7 Å². The van der Waals surface area contributed by atoms with Gasteiger partial charge in [-0.1, -0.05) is 24.0 Å². The Kier molecular flexibility index (Phi) is 3.79. The van der Waals surface area contributed by atoms with Crippen LogP contribution in [0, 0.1) is 16.7 Å². The van der Waals surface area contributed by atoms with Crippen LogP contribution in [0.3, 0.4) is 0 Å². The Bertz CT molecular complexity index is 625. The molecule has 2 rings (SSSR count). The minimum absolute atomic E-state index is 0.0495. The highest BCUT2D eigenvalue weighted by molar-refractivity contribution is 8.23. The summed E-state index contributed by atoms with van der Waals surface area (Å²) in [5.41, 5.74) is -0.625. The molecule has 0 radical (unpaired) electrons. The van der Waals surface area contributed by atoms with Crippen LogP contribution in [0.5, 0.6) is 0 Å². The van der Waals surface area contributed by atoms with Crippen molar-refractivity contribution >= 4 is 57.5 Å². The van der Waals surface area contributed by atoms with Gasteiger partial charge in [-0.15, -0.1) is 11.8 Å². The molecular weight excluding hydrogens is 314 g/mol. The first-order valence-electron chi connectivity index (χ1n) is 5.68. The zero-order valence-corrected chi connectivity index (χ0v) is 13.5. The number of hydrogen-bond donors (Lipinski definition) is 1. The highest BCUT2D eigenvalue weighted by Gasteiger charge is 2.48. The van der Waals surface area contributed by atoms with Crippen molar-refractivity contribution in [3.8, 4) is 6.07 Å². The van der Waals surface area contributed by atoms with E-state index in [4.69, 9.17) is 22.9 Å². The van der Waals surface area contributed by atoms with E-state index in [9.17, 15) is 9.59 Å². The second-order valence-electron chi connectivity index (χ2n) is 5.22. The molecule has 0 spiro atoms. The van der Waals surface area contributed by atoms with Gasteiger partial charge in [-0.05, 0) is 20.8 Å². The van der Waals surface area contributed by atoms with Gasteiger partial charge < -0.3 is 0 Å². The van der Waals surface area contributed by atoms with E-state index in [1.165, 1.54) is 4.90 Å². The number of imide groups is 1. The van der Waals surface area contributed by atoms with Crippen LogP contribution in [-0.4, -0.2) is 37.4 Å². The summed E-state index contributed by atoms with van der Waals surface area (Å²) in [7, 11) is 0. The third-order valence-corrected chi connectivity index (χ3v) is 5.82. The lowest BCUT2D eigenvalue weighted by molar-refractivity contribution is -0.142. The van der Waals surface area contributed by atoms with Crippen molar-refractivity contribution in [1.82, 2.24) is 4.90 Å². The van der Waals surface area contributed by atoms with E-state index in [1.807, 2.05) is 6.07 Å². The Morgan fingerprint density at radius 2 is 1.90 bits per heavy atom. The number of rotatable bonds is 1. The van der Waals surface area contributed by atoms with E-state index >= 15 is 0 Å². The number of carbonyl (C=O) groups is 2. The van der Waals surface area contributed by atoms with E-state index < -0.39 is 10.8 Å². The summed E-state index contributed by atoms with van der Waals surface area (Å²) in [4.78, 5) is 26.5. The van der Waals surface area contributed by atoms with Gasteiger partial charge >= 0.3 is 0 Å². The maximum atomic E-state index is 12.4. The first-order chi connectivity index (χ1) is 9.18. The maximum absolute atomic E-state index is 12.4. The van der Waals surface area contributed by atoms with Crippen molar-refractivity contribution in [2.45, 2.75) is 31.6 Å². The fraction of sp³-hybridized carbons (Fsp3) is 0.417. The molecule has 2 aliphatic rings. The number of carbonyl (C=O) groups excluding carboxylic acids is 2. The van der Waals surface area contributed by atoms with Crippen LogP contribution in [0.1, 0.15) is 20.8 Å². The molecule has 1 N–H and O–H groups in total. The number of amides is 2. The van der Waals surface area contributed by atoms with Gasteiger partial charge in [0.15, 0.2) is 0 Å². The monoisotopic (exact) mass is 325 g/mol. The molecule has 0 aromatic rings. The fourth-order valence-electron chi connectivity index (χ4n) is 1.86. The first kappa shape index (κ1) is 15.2.